The van der Waals surface area contributed by atoms with Gasteiger partial charge in [-0.1, -0.05) is 19.6 Å². The first-order valence-corrected chi connectivity index (χ1v) is 3.08. The molecule has 0 saturated heterocycles. The van der Waals surface area contributed by atoms with Crippen molar-refractivity contribution < 1.29 is 52.4 Å². The molecule has 0 atom stereocenters. The average Bonchev–Trinajstić information content (AvgIpc) is 2.11. The molecule has 1 aromatic rings. The third-order valence-electron chi connectivity index (χ3n) is 1.34. The van der Waals surface area contributed by atoms with E-state index in [0.29, 0.717) is 0 Å². The molecule has 5 heteroatoms. The van der Waals surface area contributed by atoms with Gasteiger partial charge in [0.2, 0.25) is 0 Å². The Balaban J connectivity index is 0. The Morgan fingerprint density at radius 2 is 1.75 bits per heavy atom. The molecule has 0 unspecified atom stereocenters. The van der Waals surface area contributed by atoms with Crippen LogP contribution in [0.1, 0.15) is 25.3 Å². The van der Waals surface area contributed by atoms with Crippen LogP contribution in [-0.4, -0.2) is 0 Å². The molecule has 1 rings (SSSR count). The number of rotatable bonds is 1. The minimum Gasteiger partial charge on any atom is -0.872 e. The van der Waals surface area contributed by atoms with Crippen molar-refractivity contribution in [2.24, 2.45) is 0 Å². The molecule has 0 spiro atoms. The summed E-state index contributed by atoms with van der Waals surface area (Å²) in [6, 6.07) is 0. The topological polar surface area (TPSA) is 59.3 Å². The van der Waals surface area contributed by atoms with E-state index in [1.54, 1.807) is 13.8 Å². The van der Waals surface area contributed by atoms with Crippen molar-refractivity contribution in [3.63, 3.8) is 0 Å². The summed E-state index contributed by atoms with van der Waals surface area (Å²) in [7, 11) is 0. The zero-order valence-corrected chi connectivity index (χ0v) is 7.88. The van der Waals surface area contributed by atoms with Crippen LogP contribution < -0.4 is 47.9 Å². The van der Waals surface area contributed by atoms with Gasteiger partial charge in [-0.3, -0.25) is 0 Å². The molecule has 0 aliphatic heterocycles. The van der Waals surface area contributed by atoms with Gasteiger partial charge in [-0.05, 0) is 17.7 Å². The number of hydrogen-bond donors (Lipinski definition) is 0. The first kappa shape index (κ1) is 14.6. The molecule has 3 nitrogen and oxygen atoms in total. The summed E-state index contributed by atoms with van der Waals surface area (Å²) in [4.78, 5) is 0. The van der Waals surface area contributed by atoms with Gasteiger partial charge in [-0.25, -0.2) is 0 Å². The fraction of sp³-hybridized carbons (Fsp3) is 0.429. The zero-order valence-electron chi connectivity index (χ0n) is 7.88. The standard InChI is InChI=1S/C7H10O3.2Li/c1-4(2)6-5(8)3-10-7(6)9;;/h3-4,8-9H,1-2H3;;/q;2*+1/p-2. The molecule has 0 radical (unpaired) electrons. The maximum atomic E-state index is 10.8. The summed E-state index contributed by atoms with van der Waals surface area (Å²) < 4.78 is 4.39. The summed E-state index contributed by atoms with van der Waals surface area (Å²) in [5.41, 5.74) is 0.250. The van der Waals surface area contributed by atoms with Gasteiger partial charge in [0.05, 0.1) is 5.95 Å². The van der Waals surface area contributed by atoms with Gasteiger partial charge in [0.1, 0.15) is 0 Å². The summed E-state index contributed by atoms with van der Waals surface area (Å²) in [6.07, 6.45) is 0.956. The summed E-state index contributed by atoms with van der Waals surface area (Å²) in [6.45, 7) is 3.57. The summed E-state index contributed by atoms with van der Waals surface area (Å²) in [5.74, 6) is -0.834. The predicted octanol–water partition coefficient (Wildman–Crippen LogP) is -5.44. The molecule has 12 heavy (non-hydrogen) atoms. The van der Waals surface area contributed by atoms with Gasteiger partial charge in [0, 0.05) is 0 Å². The van der Waals surface area contributed by atoms with Gasteiger partial charge in [-0.2, -0.15) is 0 Å². The minimum atomic E-state index is -0.500. The van der Waals surface area contributed by atoms with Crippen molar-refractivity contribution in [3.8, 4) is 11.7 Å². The molecule has 0 bridgehead atoms. The maximum Gasteiger partial charge on any atom is 1.00 e. The molecular weight excluding hydrogens is 146 g/mol. The Labute approximate surface area is 95.5 Å². The number of hydrogen-bond acceptors (Lipinski definition) is 3. The second-order valence-corrected chi connectivity index (χ2v) is 2.46. The van der Waals surface area contributed by atoms with Crippen LogP contribution in [0.15, 0.2) is 10.7 Å². The van der Waals surface area contributed by atoms with Crippen LogP contribution in [0, 0.1) is 0 Å². The molecule has 56 valence electrons. The molecule has 1 aromatic heterocycles. The second-order valence-electron chi connectivity index (χ2n) is 2.46. The maximum absolute atomic E-state index is 10.8. The van der Waals surface area contributed by atoms with Gasteiger partial charge >= 0.3 is 37.7 Å². The van der Waals surface area contributed by atoms with Crippen molar-refractivity contribution in [1.29, 1.82) is 0 Å². The van der Waals surface area contributed by atoms with Crippen LogP contribution in [0.4, 0.5) is 0 Å². The van der Waals surface area contributed by atoms with Crippen molar-refractivity contribution in [1.82, 2.24) is 0 Å². The SMILES string of the molecule is CC(C)c1c([O-])coc1[O-].[Li+].[Li+]. The second kappa shape index (κ2) is 5.67. The molecule has 0 aliphatic rings. The van der Waals surface area contributed by atoms with E-state index in [2.05, 4.69) is 4.42 Å². The van der Waals surface area contributed by atoms with E-state index >= 15 is 0 Å². The fourth-order valence-electron chi connectivity index (χ4n) is 0.855. The third kappa shape index (κ3) is 2.85. The van der Waals surface area contributed by atoms with E-state index < -0.39 is 5.95 Å². The zero-order chi connectivity index (χ0) is 7.72. The van der Waals surface area contributed by atoms with E-state index in [0.717, 1.165) is 6.26 Å². The molecule has 0 amide bonds. The Bertz CT molecular complexity index is 213. The number of furan rings is 1. The van der Waals surface area contributed by atoms with Crippen LogP contribution >= 0.6 is 0 Å². The van der Waals surface area contributed by atoms with E-state index in [4.69, 9.17) is 0 Å². The van der Waals surface area contributed by atoms with Crippen LogP contribution in [0.25, 0.3) is 0 Å². The van der Waals surface area contributed by atoms with Crippen molar-refractivity contribution in [3.05, 3.63) is 11.8 Å². The van der Waals surface area contributed by atoms with Gasteiger partial charge in [-0.15, -0.1) is 0 Å². The van der Waals surface area contributed by atoms with Crippen LogP contribution in [0.3, 0.4) is 0 Å². The molecular formula is C7H8Li2O3. The fourth-order valence-corrected chi connectivity index (χ4v) is 0.855. The van der Waals surface area contributed by atoms with Crippen LogP contribution in [0.5, 0.6) is 11.7 Å². The van der Waals surface area contributed by atoms with Crippen LogP contribution in [-0.2, 0) is 0 Å². The van der Waals surface area contributed by atoms with Gasteiger partial charge in [0.15, 0.2) is 0 Å². The monoisotopic (exact) mass is 154 g/mol. The van der Waals surface area contributed by atoms with Gasteiger partial charge < -0.3 is 14.6 Å². The Hall–Kier alpha value is 0.0748. The average molecular weight is 154 g/mol. The molecule has 0 saturated carbocycles. The van der Waals surface area contributed by atoms with E-state index in [9.17, 15) is 10.2 Å². The normalized spacial score (nSPS) is 8.92. The Morgan fingerprint density at radius 1 is 1.25 bits per heavy atom. The first-order chi connectivity index (χ1) is 4.63. The summed E-state index contributed by atoms with van der Waals surface area (Å²) in [5, 5.41) is 21.5. The molecule has 0 N–H and O–H groups in total. The van der Waals surface area contributed by atoms with Crippen molar-refractivity contribution >= 4 is 0 Å². The van der Waals surface area contributed by atoms with E-state index in [-0.39, 0.29) is 55.0 Å². The molecule has 0 aromatic carbocycles. The first-order valence-electron chi connectivity index (χ1n) is 3.08. The molecule has 0 aliphatic carbocycles. The molecule has 1 heterocycles. The smallest absolute Gasteiger partial charge is 0.872 e. The van der Waals surface area contributed by atoms with Gasteiger partial charge in [0.25, 0.3) is 0 Å². The Morgan fingerprint density at radius 3 is 1.92 bits per heavy atom. The van der Waals surface area contributed by atoms with Crippen molar-refractivity contribution in [2.75, 3.05) is 0 Å². The van der Waals surface area contributed by atoms with E-state index in [1.807, 2.05) is 0 Å². The minimum absolute atomic E-state index is 0. The Kier molecular flexibility index (Phi) is 6.90. The molecule has 0 fully saturated rings. The quantitative estimate of drug-likeness (QED) is 0.379. The predicted molar refractivity (Wildman–Crippen MR) is 31.7 cm³/mol. The van der Waals surface area contributed by atoms with E-state index in [1.165, 1.54) is 0 Å². The van der Waals surface area contributed by atoms with Crippen LogP contribution in [0.2, 0.25) is 0 Å². The third-order valence-corrected chi connectivity index (χ3v) is 1.34. The van der Waals surface area contributed by atoms with Crippen molar-refractivity contribution in [2.45, 2.75) is 19.8 Å². The summed E-state index contributed by atoms with van der Waals surface area (Å²) >= 11 is 0. The largest absolute Gasteiger partial charge is 1.00 e.